The molecule has 1 heterocycles. The molecule has 0 aliphatic carbocycles. The summed E-state index contributed by atoms with van der Waals surface area (Å²) in [5, 5.41) is 2.01. The lowest BCUT2D eigenvalue weighted by molar-refractivity contribution is 1.18. The Morgan fingerprint density at radius 1 is 0.274 bits per heavy atom. The summed E-state index contributed by atoms with van der Waals surface area (Å²) in [7, 11) is 0. The maximum Gasteiger partial charge on any atom is 0.0645 e. The molecule has 0 radical (unpaired) electrons. The number of para-hydroxylation sites is 2. The van der Waals surface area contributed by atoms with E-state index in [9.17, 15) is 5.48 Å². The highest BCUT2D eigenvalue weighted by molar-refractivity contribution is 6.10. The van der Waals surface area contributed by atoms with Gasteiger partial charge in [-0.15, -0.1) is 0 Å². The fourth-order valence-electron chi connectivity index (χ4n) is 8.55. The zero-order valence-electron chi connectivity index (χ0n) is 37.8. The summed E-state index contributed by atoms with van der Waals surface area (Å²) < 4.78 is 40.7. The Morgan fingerprint density at radius 3 is 1.26 bits per heavy atom. The fraction of sp³-hybridized carbons (Fsp3) is 0. The first-order chi connectivity index (χ1) is 32.4. The predicted octanol–water partition coefficient (Wildman–Crippen LogP) is 16.6. The molecular weight excluding hydrogens is 749 g/mol. The van der Waals surface area contributed by atoms with Crippen molar-refractivity contribution in [1.82, 2.24) is 4.57 Å². The van der Waals surface area contributed by atoms with E-state index in [1.165, 1.54) is 0 Å². The van der Waals surface area contributed by atoms with Gasteiger partial charge < -0.3 is 9.47 Å². The number of aromatic nitrogens is 1. The van der Waals surface area contributed by atoms with Crippen LogP contribution in [0.25, 0.3) is 83.1 Å². The Morgan fingerprint density at radius 2 is 0.677 bits per heavy atom. The van der Waals surface area contributed by atoms with Crippen molar-refractivity contribution >= 4 is 38.9 Å². The van der Waals surface area contributed by atoms with E-state index in [1.54, 1.807) is 0 Å². The minimum Gasteiger partial charge on any atom is -0.311 e. The quantitative estimate of drug-likeness (QED) is 0.141. The van der Waals surface area contributed by atoms with Gasteiger partial charge in [-0.1, -0.05) is 182 Å². The number of anilines is 3. The van der Waals surface area contributed by atoms with Gasteiger partial charge in [-0.05, 0) is 128 Å². The van der Waals surface area contributed by atoms with Gasteiger partial charge in [0, 0.05) is 33.5 Å². The maximum atomic E-state index is 9.68. The van der Waals surface area contributed by atoms with Gasteiger partial charge >= 0.3 is 0 Å². The monoisotopic (exact) mass is 794 g/mol. The third kappa shape index (κ3) is 7.04. The van der Waals surface area contributed by atoms with Gasteiger partial charge in [-0.3, -0.25) is 0 Å². The Kier molecular flexibility index (Phi) is 8.47. The summed E-state index contributed by atoms with van der Waals surface area (Å²) in [4.78, 5) is 1.85. The lowest BCUT2D eigenvalue weighted by Gasteiger charge is -2.26. The second-order valence-corrected chi connectivity index (χ2v) is 15.5. The maximum absolute atomic E-state index is 9.68. The molecule has 0 spiro atoms. The van der Waals surface area contributed by atoms with E-state index in [1.807, 2.05) is 114 Å². The predicted molar refractivity (Wildman–Crippen MR) is 263 cm³/mol. The van der Waals surface area contributed by atoms with Crippen LogP contribution in [-0.4, -0.2) is 4.57 Å². The number of fused-ring (bicyclic) bond motifs is 3. The van der Waals surface area contributed by atoms with Gasteiger partial charge in [0.05, 0.1) is 16.5 Å². The molecule has 292 valence electrons. The van der Waals surface area contributed by atoms with Crippen molar-refractivity contribution in [3.05, 3.63) is 255 Å². The van der Waals surface area contributed by atoms with E-state index in [0.717, 1.165) is 72.0 Å². The van der Waals surface area contributed by atoms with Gasteiger partial charge in [0.25, 0.3) is 0 Å². The highest BCUT2D eigenvalue weighted by atomic mass is 15.1. The third-order valence-corrected chi connectivity index (χ3v) is 11.7. The lowest BCUT2D eigenvalue weighted by Crippen LogP contribution is -2.09. The van der Waals surface area contributed by atoms with Crippen LogP contribution in [0.5, 0.6) is 0 Å². The molecule has 2 nitrogen and oxygen atoms in total. The van der Waals surface area contributed by atoms with E-state index in [2.05, 4.69) is 126 Å². The van der Waals surface area contributed by atoms with Crippen molar-refractivity contribution in [3.8, 4) is 61.3 Å². The van der Waals surface area contributed by atoms with Crippen LogP contribution in [0.15, 0.2) is 255 Å². The Balaban J connectivity index is 1.02. The normalized spacial score (nSPS) is 12.1. The molecule has 0 amide bonds. The highest BCUT2D eigenvalue weighted by Crippen LogP contribution is 2.40. The smallest absolute Gasteiger partial charge is 0.0645 e. The van der Waals surface area contributed by atoms with Crippen molar-refractivity contribution < 1.29 is 5.48 Å². The van der Waals surface area contributed by atoms with Crippen LogP contribution in [0.4, 0.5) is 17.1 Å². The van der Waals surface area contributed by atoms with Crippen molar-refractivity contribution in [2.45, 2.75) is 0 Å². The molecule has 62 heavy (non-hydrogen) atoms. The summed E-state index contributed by atoms with van der Waals surface area (Å²) in [5.41, 5.74) is 14.3. The Labute approximate surface area is 368 Å². The minimum atomic E-state index is -0.127. The second kappa shape index (κ2) is 16.1. The SMILES string of the molecule is [2H]c1c([2H])c(N(c2ccc(-c3ccc(-c4ccccc4)cc3)cc2)c2ccc(-c3cccc(-c4ccccc4)c3)cc2)c([2H])c([2H])c1-c1ccc2c(c1)c1ccccc1n2-c1ccccc1. The minimum absolute atomic E-state index is 0.105. The van der Waals surface area contributed by atoms with E-state index in [-0.39, 0.29) is 35.4 Å². The summed E-state index contributed by atoms with van der Waals surface area (Å²) >= 11 is 0. The van der Waals surface area contributed by atoms with Gasteiger partial charge in [-0.25, -0.2) is 0 Å². The molecule has 0 atom stereocenters. The number of hydrogen-bond donors (Lipinski definition) is 0. The summed E-state index contributed by atoms with van der Waals surface area (Å²) in [5.74, 6) is 0. The Hall–Kier alpha value is -8.20. The Bertz CT molecular complexity index is 3500. The molecule has 11 aromatic rings. The standard InChI is InChI=1S/C60H42N2/c1-4-13-43(14-5-1)45-23-25-46(26-24-45)47-27-34-54(35-28-47)61(55-36-29-48(30-37-55)51-18-12-17-50(41-51)44-15-6-2-7-16-44)56-38-31-49(32-39-56)52-33-40-60-58(42-52)57-21-10-11-22-59(57)62(60)53-19-8-3-9-20-53/h1-42H/i31D,32D,38D,39D. The van der Waals surface area contributed by atoms with Crippen LogP contribution in [0.3, 0.4) is 0 Å². The molecule has 0 fully saturated rings. The van der Waals surface area contributed by atoms with E-state index >= 15 is 0 Å². The van der Waals surface area contributed by atoms with Gasteiger partial charge in [0.15, 0.2) is 0 Å². The summed E-state index contributed by atoms with van der Waals surface area (Å²) in [6, 6.07) is 77.8. The molecule has 11 rings (SSSR count). The van der Waals surface area contributed by atoms with Crippen molar-refractivity contribution in [1.29, 1.82) is 0 Å². The van der Waals surface area contributed by atoms with Gasteiger partial charge in [0.2, 0.25) is 0 Å². The van der Waals surface area contributed by atoms with Crippen molar-refractivity contribution in [3.63, 3.8) is 0 Å². The van der Waals surface area contributed by atoms with Crippen molar-refractivity contribution in [2.75, 3.05) is 4.90 Å². The van der Waals surface area contributed by atoms with Gasteiger partial charge in [0.1, 0.15) is 0 Å². The third-order valence-electron chi connectivity index (χ3n) is 11.7. The van der Waals surface area contributed by atoms with E-state index < -0.39 is 0 Å². The van der Waals surface area contributed by atoms with Crippen LogP contribution >= 0.6 is 0 Å². The first-order valence-electron chi connectivity index (χ1n) is 22.9. The molecule has 10 aromatic carbocycles. The molecule has 0 N–H and O–H groups in total. The molecule has 0 saturated heterocycles. The largest absolute Gasteiger partial charge is 0.311 e. The molecule has 0 aliphatic rings. The first-order valence-corrected chi connectivity index (χ1v) is 20.9. The van der Waals surface area contributed by atoms with E-state index in [0.29, 0.717) is 16.9 Å². The molecule has 1 aromatic heterocycles. The van der Waals surface area contributed by atoms with Gasteiger partial charge in [-0.2, -0.15) is 0 Å². The van der Waals surface area contributed by atoms with Crippen LogP contribution in [0.2, 0.25) is 0 Å². The average molecular weight is 795 g/mol. The zero-order chi connectivity index (χ0) is 44.7. The van der Waals surface area contributed by atoms with Crippen LogP contribution in [0.1, 0.15) is 5.48 Å². The number of nitrogens with zero attached hydrogens (tertiary/aromatic N) is 2. The van der Waals surface area contributed by atoms with E-state index in [4.69, 9.17) is 0 Å². The average Bonchev–Trinajstić information content (AvgIpc) is 3.72. The van der Waals surface area contributed by atoms with Crippen LogP contribution in [0, 0.1) is 0 Å². The molecule has 0 bridgehead atoms. The highest BCUT2D eigenvalue weighted by Gasteiger charge is 2.16. The zero-order valence-corrected chi connectivity index (χ0v) is 33.8. The van der Waals surface area contributed by atoms with Crippen molar-refractivity contribution in [2.24, 2.45) is 0 Å². The summed E-state index contributed by atoms with van der Waals surface area (Å²) in [6.45, 7) is 0. The lowest BCUT2D eigenvalue weighted by atomic mass is 9.98. The molecule has 0 saturated carbocycles. The number of rotatable bonds is 9. The molecule has 0 aliphatic heterocycles. The van der Waals surface area contributed by atoms with Crippen LogP contribution in [-0.2, 0) is 0 Å². The molecular formula is C60H42N2. The summed E-state index contributed by atoms with van der Waals surface area (Å²) in [6.07, 6.45) is 0. The van der Waals surface area contributed by atoms with Crippen LogP contribution < -0.4 is 4.90 Å². The number of benzene rings is 10. The topological polar surface area (TPSA) is 8.17 Å². The molecule has 0 unspecified atom stereocenters. The molecule has 2 heteroatoms. The second-order valence-electron chi connectivity index (χ2n) is 15.5. The fourth-order valence-corrected chi connectivity index (χ4v) is 8.55. The number of hydrogen-bond acceptors (Lipinski definition) is 1. The first kappa shape index (κ1) is 32.6.